The number of anilines is 3. The molecule has 0 saturated carbocycles. The molecular formula is C42H51N7O13S3. The lowest BCUT2D eigenvalue weighted by Gasteiger charge is -2.30. The Morgan fingerprint density at radius 2 is 1.46 bits per heavy atom. The van der Waals surface area contributed by atoms with Crippen LogP contribution in [0.3, 0.4) is 0 Å². The second kappa shape index (κ2) is 20.5. The molecule has 0 aromatic heterocycles. The lowest BCUT2D eigenvalue weighted by molar-refractivity contribution is -0.172. The van der Waals surface area contributed by atoms with Gasteiger partial charge in [0.25, 0.3) is 0 Å². The first kappa shape index (κ1) is 50.1. The van der Waals surface area contributed by atoms with Gasteiger partial charge in [0.15, 0.2) is 21.4 Å². The Labute approximate surface area is 381 Å². The van der Waals surface area contributed by atoms with Gasteiger partial charge >= 0.3 is 10.1 Å². The van der Waals surface area contributed by atoms with Crippen molar-refractivity contribution in [2.45, 2.75) is 86.7 Å². The lowest BCUT2D eigenvalue weighted by Crippen LogP contribution is -2.58. The molecule has 5 unspecified atom stereocenters. The maximum absolute atomic E-state index is 13.8. The molecule has 3 aromatic rings. The van der Waals surface area contributed by atoms with Crippen LogP contribution >= 0.6 is 12.6 Å². The minimum Gasteiger partial charge on any atom is -0.397 e. The fourth-order valence-corrected chi connectivity index (χ4v) is 9.49. The van der Waals surface area contributed by atoms with Crippen molar-refractivity contribution in [2.24, 2.45) is 5.92 Å². The molecule has 7 N–H and O–H groups in total. The number of ketones is 2. The number of thiol groups is 1. The number of hydrogen-bond acceptors (Lipinski definition) is 16. The molecular weight excluding hydrogens is 907 g/mol. The molecule has 350 valence electrons. The van der Waals surface area contributed by atoms with E-state index in [9.17, 15) is 50.4 Å². The number of nitrogens with zero attached hydrogens (tertiary/aromatic N) is 1. The Bertz CT molecular complexity index is 2640. The smallest absolute Gasteiger partial charge is 0.325 e. The molecule has 5 rings (SSSR count). The first-order valence-electron chi connectivity index (χ1n) is 20.4. The van der Waals surface area contributed by atoms with Crippen LogP contribution in [0, 0.1) is 5.92 Å². The molecule has 1 aliphatic carbocycles. The third-order valence-electron chi connectivity index (χ3n) is 10.7. The molecule has 1 aliphatic heterocycles. The van der Waals surface area contributed by atoms with E-state index in [1.807, 2.05) is 0 Å². The molecule has 2 aliphatic rings. The molecule has 5 atom stereocenters. The number of benzene rings is 3. The normalized spacial score (nSPS) is 16.7. The highest BCUT2D eigenvalue weighted by molar-refractivity contribution is 7.91. The zero-order valence-corrected chi connectivity index (χ0v) is 38.8. The van der Waals surface area contributed by atoms with E-state index in [1.165, 1.54) is 61.2 Å². The van der Waals surface area contributed by atoms with Crippen LogP contribution in [0.1, 0.15) is 79.3 Å². The molecule has 0 spiro atoms. The minimum absolute atomic E-state index is 0.00732. The van der Waals surface area contributed by atoms with Crippen LogP contribution in [0.25, 0.3) is 0 Å². The maximum atomic E-state index is 13.8. The Kier molecular flexibility index (Phi) is 15.8. The van der Waals surface area contributed by atoms with Gasteiger partial charge in [-0.25, -0.2) is 13.3 Å². The van der Waals surface area contributed by atoms with Crippen LogP contribution in [0.5, 0.6) is 0 Å². The van der Waals surface area contributed by atoms with Crippen LogP contribution in [-0.4, -0.2) is 118 Å². The SMILES string of the molecule is COOS(=O)(=O)c1cc(Nc2cccc(S(=O)(=O)CCNC(=O)C(C)NC(=O)C(NC(=O)C3CCCN3C(=O)C(C)NC(=O)C(C)S)C(C)C)c2)c2c(c1N)C(=O)c1ccccc1C2=O. The van der Waals surface area contributed by atoms with Gasteiger partial charge in [0.05, 0.1) is 45.5 Å². The summed E-state index contributed by atoms with van der Waals surface area (Å²) < 4.78 is 57.5. The monoisotopic (exact) mass is 957 g/mol. The van der Waals surface area contributed by atoms with Gasteiger partial charge in [-0.05, 0) is 63.8 Å². The number of hydrogen-bond donors (Lipinski definition) is 7. The number of carbonyl (C=O) groups is 7. The molecule has 20 nitrogen and oxygen atoms in total. The minimum atomic E-state index is -4.74. The number of likely N-dealkylation sites (tertiary alicyclic amines) is 1. The van der Waals surface area contributed by atoms with Crippen LogP contribution in [0.2, 0.25) is 0 Å². The summed E-state index contributed by atoms with van der Waals surface area (Å²) in [5, 5.41) is 12.5. The van der Waals surface area contributed by atoms with Gasteiger partial charge in [0, 0.05) is 29.9 Å². The van der Waals surface area contributed by atoms with Crippen LogP contribution in [0.4, 0.5) is 17.1 Å². The molecule has 1 heterocycles. The van der Waals surface area contributed by atoms with Crippen molar-refractivity contribution in [1.82, 2.24) is 26.2 Å². The van der Waals surface area contributed by atoms with E-state index in [0.717, 1.165) is 13.2 Å². The standard InChI is InChI=1S/C42H51N7O13S3/c1-21(2)35(48-40(54)30-15-10-17-49(30)42(56)23(4)46-39(53)24(5)63)41(55)45-22(3)38(52)44-16-18-64(57,58)26-12-9-11-25(19-26)47-29-20-31(65(59,60)62-61-6)34(43)33-32(29)36(50)27-13-7-8-14-28(27)37(33)51/h7-9,11-14,19-24,30,35,47,63H,10,15-18,43H2,1-6H3,(H,44,52)(H,45,55)(H,46,53)(H,48,54). The van der Waals surface area contributed by atoms with Gasteiger partial charge in [-0.15, -0.1) is 4.33 Å². The van der Waals surface area contributed by atoms with Gasteiger partial charge in [-0.3, -0.25) is 33.6 Å². The molecule has 0 bridgehead atoms. The number of amides is 5. The predicted molar refractivity (Wildman–Crippen MR) is 239 cm³/mol. The average Bonchev–Trinajstić information content (AvgIpc) is 3.75. The first-order valence-corrected chi connectivity index (χ1v) is 24.0. The molecule has 1 saturated heterocycles. The van der Waals surface area contributed by atoms with Crippen molar-refractivity contribution in [2.75, 3.05) is 37.0 Å². The number of nitrogens with one attached hydrogen (secondary N) is 5. The van der Waals surface area contributed by atoms with E-state index in [-0.39, 0.29) is 46.1 Å². The van der Waals surface area contributed by atoms with Crippen molar-refractivity contribution in [3.63, 3.8) is 0 Å². The van der Waals surface area contributed by atoms with Crippen LogP contribution in [0.15, 0.2) is 64.4 Å². The largest absolute Gasteiger partial charge is 0.397 e. The van der Waals surface area contributed by atoms with E-state index < -0.39 is 118 Å². The maximum Gasteiger partial charge on any atom is 0.325 e. The summed E-state index contributed by atoms with van der Waals surface area (Å²) in [5.41, 5.74) is 4.86. The van der Waals surface area contributed by atoms with Gasteiger partial charge in [-0.1, -0.05) is 44.2 Å². The predicted octanol–water partition coefficient (Wildman–Crippen LogP) is 1.40. The Hall–Kier alpha value is -5.88. The number of carbonyl (C=O) groups excluding carboxylic acids is 7. The summed E-state index contributed by atoms with van der Waals surface area (Å²) >= 11 is 4.08. The number of nitrogens with two attached hydrogens (primary N) is 1. The summed E-state index contributed by atoms with van der Waals surface area (Å²) in [7, 11) is -7.93. The zero-order chi connectivity index (χ0) is 48.1. The Balaban J connectivity index is 1.24. The third kappa shape index (κ3) is 11.2. The van der Waals surface area contributed by atoms with Gasteiger partial charge in [0.2, 0.25) is 29.5 Å². The van der Waals surface area contributed by atoms with Crippen molar-refractivity contribution >= 4 is 90.7 Å². The molecule has 23 heteroatoms. The highest BCUT2D eigenvalue weighted by Crippen LogP contribution is 2.40. The van der Waals surface area contributed by atoms with Crippen LogP contribution < -0.4 is 32.3 Å². The van der Waals surface area contributed by atoms with Gasteiger partial charge in [-0.2, -0.15) is 21.0 Å². The summed E-state index contributed by atoms with van der Waals surface area (Å²) in [6.45, 7) is 7.69. The lowest BCUT2D eigenvalue weighted by atomic mass is 9.82. The molecule has 0 radical (unpaired) electrons. The molecule has 65 heavy (non-hydrogen) atoms. The Morgan fingerprint density at radius 3 is 2.08 bits per heavy atom. The summed E-state index contributed by atoms with van der Waals surface area (Å²) in [5.74, 6) is -5.34. The number of fused-ring (bicyclic) bond motifs is 2. The fraction of sp³-hybridized carbons (Fsp3) is 0.405. The number of nitrogen functional groups attached to an aromatic ring is 1. The summed E-state index contributed by atoms with van der Waals surface area (Å²) in [4.78, 5) is 97.4. The van der Waals surface area contributed by atoms with Gasteiger partial charge < -0.3 is 37.2 Å². The molecule has 3 aromatic carbocycles. The average molecular weight is 958 g/mol. The highest BCUT2D eigenvalue weighted by atomic mass is 32.2. The number of sulfone groups is 1. The topological polar surface area (TPSA) is 296 Å². The fourth-order valence-electron chi connectivity index (χ4n) is 7.33. The third-order valence-corrected chi connectivity index (χ3v) is 13.9. The molecule has 5 amide bonds. The van der Waals surface area contributed by atoms with E-state index in [4.69, 9.17) is 5.73 Å². The van der Waals surface area contributed by atoms with E-state index in [2.05, 4.69) is 48.4 Å². The quantitative estimate of drug-likeness (QED) is 0.0321. The second-order valence-corrected chi connectivity index (χ2v) is 20.2. The summed E-state index contributed by atoms with van der Waals surface area (Å²) in [6.07, 6.45) is 0.853. The van der Waals surface area contributed by atoms with E-state index in [1.54, 1.807) is 26.8 Å². The summed E-state index contributed by atoms with van der Waals surface area (Å²) in [6, 6.07) is 8.06. The second-order valence-electron chi connectivity index (χ2n) is 15.8. The van der Waals surface area contributed by atoms with Gasteiger partial charge in [0.1, 0.15) is 29.1 Å². The Morgan fingerprint density at radius 1 is 0.831 bits per heavy atom. The number of rotatable bonds is 18. The van der Waals surface area contributed by atoms with Crippen molar-refractivity contribution in [3.05, 3.63) is 76.9 Å². The molecule has 1 fully saturated rings. The van der Waals surface area contributed by atoms with Crippen molar-refractivity contribution in [1.29, 1.82) is 0 Å². The van der Waals surface area contributed by atoms with E-state index >= 15 is 0 Å². The first-order chi connectivity index (χ1) is 30.5. The zero-order valence-electron chi connectivity index (χ0n) is 36.3. The van der Waals surface area contributed by atoms with Crippen LogP contribution in [-0.2, 0) is 53.1 Å². The van der Waals surface area contributed by atoms with Crippen molar-refractivity contribution in [3.8, 4) is 0 Å². The van der Waals surface area contributed by atoms with E-state index in [0.29, 0.717) is 12.8 Å². The van der Waals surface area contributed by atoms with Crippen molar-refractivity contribution < 1.29 is 59.6 Å². The highest BCUT2D eigenvalue weighted by Gasteiger charge is 2.40.